The summed E-state index contributed by atoms with van der Waals surface area (Å²) >= 11 is 0.995. The highest BCUT2D eigenvalue weighted by molar-refractivity contribution is 8.15. The smallest absolute Gasteiger partial charge is 0.323 e. The minimum absolute atomic E-state index is 0.271. The van der Waals surface area contributed by atoms with Gasteiger partial charge in [0.2, 0.25) is 5.91 Å². The highest BCUT2D eigenvalue weighted by Crippen LogP contribution is 2.45. The van der Waals surface area contributed by atoms with Crippen molar-refractivity contribution in [3.63, 3.8) is 0 Å². The highest BCUT2D eigenvalue weighted by Gasteiger charge is 2.46. The van der Waals surface area contributed by atoms with Crippen molar-refractivity contribution < 1.29 is 23.9 Å². The fourth-order valence-corrected chi connectivity index (χ4v) is 4.41. The number of nitrogens with one attached hydrogen (secondary N) is 1. The van der Waals surface area contributed by atoms with Crippen LogP contribution in [0.4, 0.5) is 4.79 Å². The second-order valence-corrected chi connectivity index (χ2v) is 8.50. The molecule has 1 N–H and O–H groups in total. The van der Waals surface area contributed by atoms with Crippen molar-refractivity contribution in [1.82, 2.24) is 5.32 Å². The van der Waals surface area contributed by atoms with E-state index in [1.165, 1.54) is 0 Å². The van der Waals surface area contributed by atoms with Crippen LogP contribution in [0.15, 0.2) is 48.5 Å². The Hall–Kier alpha value is -2.80. The SMILES string of the molecule is CC1(C)Oc2ccccc2[C@@H]1C(=O)Oc1ccc(CC2SC(=O)NC2=O)cc1. The van der Waals surface area contributed by atoms with Gasteiger partial charge in [-0.25, -0.2) is 0 Å². The van der Waals surface area contributed by atoms with Gasteiger partial charge in [-0.1, -0.05) is 42.1 Å². The number of amides is 2. The quantitative estimate of drug-likeness (QED) is 0.629. The van der Waals surface area contributed by atoms with Crippen LogP contribution in [0.5, 0.6) is 11.5 Å². The maximum atomic E-state index is 12.8. The van der Waals surface area contributed by atoms with E-state index in [-0.39, 0.29) is 17.1 Å². The minimum Gasteiger partial charge on any atom is -0.486 e. The van der Waals surface area contributed by atoms with Crippen LogP contribution in [0.25, 0.3) is 0 Å². The summed E-state index contributed by atoms with van der Waals surface area (Å²) in [7, 11) is 0. The summed E-state index contributed by atoms with van der Waals surface area (Å²) in [5.74, 6) is -0.0418. The second-order valence-electron chi connectivity index (χ2n) is 7.33. The Bertz CT molecular complexity index is 954. The molecule has 1 unspecified atom stereocenters. The van der Waals surface area contributed by atoms with Crippen LogP contribution in [0.1, 0.15) is 30.9 Å². The number of hydrogen-bond acceptors (Lipinski definition) is 6. The Morgan fingerprint density at radius 1 is 1.14 bits per heavy atom. The Kier molecular flexibility index (Phi) is 4.63. The van der Waals surface area contributed by atoms with E-state index in [1.54, 1.807) is 24.3 Å². The van der Waals surface area contributed by atoms with Crippen LogP contribution in [-0.4, -0.2) is 28.0 Å². The van der Waals surface area contributed by atoms with Crippen molar-refractivity contribution in [2.75, 3.05) is 0 Å². The molecule has 1 fully saturated rings. The van der Waals surface area contributed by atoms with Crippen molar-refractivity contribution in [3.05, 3.63) is 59.7 Å². The first-order chi connectivity index (χ1) is 13.3. The van der Waals surface area contributed by atoms with Gasteiger partial charge in [-0.15, -0.1) is 0 Å². The van der Waals surface area contributed by atoms with Gasteiger partial charge in [-0.3, -0.25) is 19.7 Å². The highest BCUT2D eigenvalue weighted by atomic mass is 32.2. The minimum atomic E-state index is -0.694. The largest absolute Gasteiger partial charge is 0.486 e. The number of fused-ring (bicyclic) bond motifs is 1. The monoisotopic (exact) mass is 397 g/mol. The number of esters is 1. The maximum Gasteiger partial charge on any atom is 0.323 e. The third kappa shape index (κ3) is 3.49. The molecule has 0 aliphatic carbocycles. The van der Waals surface area contributed by atoms with Crippen molar-refractivity contribution in [1.29, 1.82) is 0 Å². The lowest BCUT2D eigenvalue weighted by Crippen LogP contribution is -2.37. The van der Waals surface area contributed by atoms with Crippen molar-refractivity contribution in [3.8, 4) is 11.5 Å². The molecule has 2 aromatic rings. The van der Waals surface area contributed by atoms with Gasteiger partial charge in [0.1, 0.15) is 23.0 Å². The molecule has 6 nitrogen and oxygen atoms in total. The molecule has 2 atom stereocenters. The Morgan fingerprint density at radius 3 is 2.54 bits per heavy atom. The molecule has 0 radical (unpaired) electrons. The fraction of sp³-hybridized carbons (Fsp3) is 0.286. The molecule has 2 aromatic carbocycles. The number of thioether (sulfide) groups is 1. The van der Waals surface area contributed by atoms with Crippen LogP contribution in [-0.2, 0) is 16.0 Å². The number of rotatable bonds is 4. The first-order valence-electron chi connectivity index (χ1n) is 8.93. The summed E-state index contributed by atoms with van der Waals surface area (Å²) in [5, 5.41) is 1.54. The zero-order valence-electron chi connectivity index (χ0n) is 15.4. The van der Waals surface area contributed by atoms with Gasteiger partial charge in [0, 0.05) is 5.56 Å². The molecule has 7 heteroatoms. The zero-order valence-corrected chi connectivity index (χ0v) is 16.2. The lowest BCUT2D eigenvalue weighted by Gasteiger charge is -2.24. The van der Waals surface area contributed by atoms with Gasteiger partial charge >= 0.3 is 5.97 Å². The summed E-state index contributed by atoms with van der Waals surface area (Å²) < 4.78 is 11.5. The van der Waals surface area contributed by atoms with Crippen molar-refractivity contribution in [2.45, 2.75) is 37.0 Å². The average molecular weight is 397 g/mol. The van der Waals surface area contributed by atoms with E-state index >= 15 is 0 Å². The summed E-state index contributed by atoms with van der Waals surface area (Å²) in [4.78, 5) is 35.8. The lowest BCUT2D eigenvalue weighted by atomic mass is 9.87. The van der Waals surface area contributed by atoms with Crippen LogP contribution in [0.2, 0.25) is 0 Å². The fourth-order valence-electron chi connectivity index (χ4n) is 3.55. The molecule has 4 rings (SSSR count). The molecular weight excluding hydrogens is 378 g/mol. The van der Waals surface area contributed by atoms with E-state index in [9.17, 15) is 14.4 Å². The van der Waals surface area contributed by atoms with Gasteiger partial charge in [0.05, 0.1) is 5.25 Å². The number of benzene rings is 2. The molecule has 0 aromatic heterocycles. The average Bonchev–Trinajstić information content (AvgIpc) is 3.10. The van der Waals surface area contributed by atoms with Crippen LogP contribution < -0.4 is 14.8 Å². The van der Waals surface area contributed by atoms with E-state index < -0.39 is 16.8 Å². The summed E-state index contributed by atoms with van der Waals surface area (Å²) in [6, 6.07) is 14.5. The number of carbonyl (C=O) groups is 3. The van der Waals surface area contributed by atoms with E-state index in [4.69, 9.17) is 9.47 Å². The van der Waals surface area contributed by atoms with E-state index in [2.05, 4.69) is 5.32 Å². The predicted molar refractivity (Wildman–Crippen MR) is 105 cm³/mol. The standard InChI is InChI=1S/C21H19NO5S/c1-21(2)17(14-5-3-4-6-15(14)27-21)19(24)26-13-9-7-12(8-10-13)11-16-18(23)22-20(25)28-16/h3-10,16-17H,11H2,1-2H3,(H,22,23,25)/t16?,17-/m1/s1. The number of hydrogen-bond donors (Lipinski definition) is 1. The van der Waals surface area contributed by atoms with E-state index in [1.807, 2.05) is 38.1 Å². The second kappa shape index (κ2) is 6.98. The third-order valence-corrected chi connectivity index (χ3v) is 5.85. The molecule has 1 saturated heterocycles. The molecule has 2 aliphatic rings. The maximum absolute atomic E-state index is 12.8. The molecule has 0 saturated carbocycles. The summed E-state index contributed by atoms with van der Waals surface area (Å²) in [6.07, 6.45) is 0.438. The van der Waals surface area contributed by atoms with Crippen molar-refractivity contribution >= 4 is 28.9 Å². The first kappa shape index (κ1) is 18.6. The molecule has 2 aliphatic heterocycles. The molecule has 28 heavy (non-hydrogen) atoms. The molecule has 2 amide bonds. The Balaban J connectivity index is 1.45. The van der Waals surface area contributed by atoms with Crippen LogP contribution >= 0.6 is 11.8 Å². The van der Waals surface area contributed by atoms with Crippen molar-refractivity contribution in [2.24, 2.45) is 0 Å². The van der Waals surface area contributed by atoms with Gasteiger partial charge in [-0.2, -0.15) is 0 Å². The Morgan fingerprint density at radius 2 is 1.86 bits per heavy atom. The Labute approximate surface area is 166 Å². The van der Waals surface area contributed by atoms with Gasteiger partial charge in [0.25, 0.3) is 5.24 Å². The normalized spacial score (nSPS) is 22.4. The number of imide groups is 1. The lowest BCUT2D eigenvalue weighted by molar-refractivity contribution is -0.139. The molecule has 2 heterocycles. The number of ether oxygens (including phenoxy) is 2. The van der Waals surface area contributed by atoms with E-state index in [0.29, 0.717) is 17.9 Å². The third-order valence-electron chi connectivity index (χ3n) is 4.86. The zero-order chi connectivity index (χ0) is 19.9. The molecule has 0 spiro atoms. The molecular formula is C21H19NO5S. The number of carbonyl (C=O) groups excluding carboxylic acids is 3. The van der Waals surface area contributed by atoms with E-state index in [0.717, 1.165) is 22.9 Å². The summed E-state index contributed by atoms with van der Waals surface area (Å²) in [5.41, 5.74) is 1.01. The first-order valence-corrected chi connectivity index (χ1v) is 9.81. The topological polar surface area (TPSA) is 81.7 Å². The number of para-hydroxylation sites is 1. The van der Waals surface area contributed by atoms with Gasteiger partial charge < -0.3 is 9.47 Å². The predicted octanol–water partition coefficient (Wildman–Crippen LogP) is 3.44. The van der Waals surface area contributed by atoms with Crippen LogP contribution in [0, 0.1) is 0 Å². The summed E-state index contributed by atoms with van der Waals surface area (Å²) in [6.45, 7) is 3.74. The van der Waals surface area contributed by atoms with Crippen LogP contribution in [0.3, 0.4) is 0 Å². The molecule has 144 valence electrons. The molecule has 0 bridgehead atoms. The van der Waals surface area contributed by atoms with Gasteiger partial charge in [0.15, 0.2) is 0 Å². The van der Waals surface area contributed by atoms with Gasteiger partial charge in [-0.05, 0) is 44.0 Å².